The molecule has 0 amide bonds. The van der Waals surface area contributed by atoms with E-state index in [4.69, 9.17) is 25.8 Å². The number of guanidine groups is 1. The largest absolute Gasteiger partial charge is 0.494 e. The molecule has 0 saturated heterocycles. The molecule has 3 rings (SSSR count). The highest BCUT2D eigenvalue weighted by Gasteiger charge is 2.38. The van der Waals surface area contributed by atoms with Gasteiger partial charge in [-0.25, -0.2) is 4.79 Å². The minimum Gasteiger partial charge on any atom is -0.494 e. The van der Waals surface area contributed by atoms with Crippen LogP contribution in [-0.4, -0.2) is 52.4 Å². The number of aromatic nitrogens is 1. The Bertz CT molecular complexity index is 1170. The molecule has 36 heavy (non-hydrogen) atoms. The van der Waals surface area contributed by atoms with E-state index in [1.807, 2.05) is 54.7 Å². The maximum absolute atomic E-state index is 11.4. The van der Waals surface area contributed by atoms with Crippen LogP contribution in [0.5, 0.6) is 5.75 Å². The fraction of sp³-hybridized carbons (Fsp3) is 0.292. The van der Waals surface area contributed by atoms with Gasteiger partial charge < -0.3 is 31.0 Å². The molecule has 0 fully saturated rings. The molecule has 0 spiro atoms. The lowest BCUT2D eigenvalue weighted by molar-refractivity contribution is -0.192. The standard InChI is InChI=1S/C22H26N4O3.C2HF3O2/c23-22(24)25-10-4-5-11-29-16-8-9-17-19(14-26-20(17)12-16)18(13-21(27)28)15-6-2-1-3-7-15;3-2(4,5)1(6)7/h1-3,6-9,12,14,18,26H,4-5,10-11,13H2,(H,27,28)(H4,23,24,25);(H,6,7). The van der Waals surface area contributed by atoms with Crippen molar-refractivity contribution in [1.82, 2.24) is 10.3 Å². The zero-order chi connectivity index (χ0) is 26.7. The Morgan fingerprint density at radius 3 is 2.36 bits per heavy atom. The molecule has 1 unspecified atom stereocenters. The lowest BCUT2D eigenvalue weighted by atomic mass is 9.88. The molecule has 0 aliphatic rings. The molecular formula is C24H27F3N4O5. The van der Waals surface area contributed by atoms with Crippen LogP contribution >= 0.6 is 0 Å². The number of aliphatic carboxylic acids is 2. The van der Waals surface area contributed by atoms with Crippen molar-refractivity contribution in [3.05, 3.63) is 65.9 Å². The van der Waals surface area contributed by atoms with E-state index in [0.717, 1.165) is 40.6 Å². The van der Waals surface area contributed by atoms with Crippen molar-refractivity contribution in [3.8, 4) is 5.75 Å². The Kier molecular flexibility index (Phi) is 10.1. The van der Waals surface area contributed by atoms with Gasteiger partial charge in [0.15, 0.2) is 5.96 Å². The Morgan fingerprint density at radius 1 is 1.11 bits per heavy atom. The number of halogens is 3. The number of rotatable bonds is 10. The van der Waals surface area contributed by atoms with Crippen LogP contribution in [0.2, 0.25) is 0 Å². The number of benzene rings is 2. The van der Waals surface area contributed by atoms with Gasteiger partial charge >= 0.3 is 18.1 Å². The van der Waals surface area contributed by atoms with E-state index < -0.39 is 18.1 Å². The number of nitrogens with one attached hydrogen (secondary N) is 3. The highest BCUT2D eigenvalue weighted by atomic mass is 19.4. The monoisotopic (exact) mass is 508 g/mol. The molecule has 1 atom stereocenters. The number of nitrogens with two attached hydrogens (primary N) is 1. The predicted molar refractivity (Wildman–Crippen MR) is 127 cm³/mol. The molecular weight excluding hydrogens is 481 g/mol. The van der Waals surface area contributed by atoms with E-state index >= 15 is 0 Å². The summed E-state index contributed by atoms with van der Waals surface area (Å²) >= 11 is 0. The Balaban J connectivity index is 0.000000572. The number of alkyl halides is 3. The lowest BCUT2D eigenvalue weighted by Crippen LogP contribution is -2.31. The summed E-state index contributed by atoms with van der Waals surface area (Å²) in [6.07, 6.45) is -1.45. The first kappa shape index (κ1) is 28.0. The normalized spacial score (nSPS) is 11.8. The number of unbranched alkanes of at least 4 members (excludes halogenated alkanes) is 1. The molecule has 194 valence electrons. The number of H-pyrrole nitrogens is 1. The number of hydrogen-bond acceptors (Lipinski definition) is 4. The first-order valence-corrected chi connectivity index (χ1v) is 10.9. The Labute approximate surface area is 204 Å². The lowest BCUT2D eigenvalue weighted by Gasteiger charge is -2.15. The molecule has 1 aromatic heterocycles. The summed E-state index contributed by atoms with van der Waals surface area (Å²) in [6.45, 7) is 1.23. The highest BCUT2D eigenvalue weighted by molar-refractivity contribution is 5.86. The van der Waals surface area contributed by atoms with Crippen LogP contribution in [-0.2, 0) is 9.59 Å². The van der Waals surface area contributed by atoms with Gasteiger partial charge in [0.25, 0.3) is 0 Å². The van der Waals surface area contributed by atoms with Gasteiger partial charge in [-0.05, 0) is 36.1 Å². The van der Waals surface area contributed by atoms with Crippen LogP contribution in [0.3, 0.4) is 0 Å². The van der Waals surface area contributed by atoms with E-state index in [2.05, 4.69) is 10.3 Å². The molecule has 1 heterocycles. The second-order valence-corrected chi connectivity index (χ2v) is 7.71. The van der Waals surface area contributed by atoms with Crippen LogP contribution in [0.1, 0.15) is 36.3 Å². The third kappa shape index (κ3) is 8.85. The number of fused-ring (bicyclic) bond motifs is 1. The summed E-state index contributed by atoms with van der Waals surface area (Å²) < 4.78 is 37.5. The van der Waals surface area contributed by atoms with E-state index in [-0.39, 0.29) is 18.3 Å². The molecule has 7 N–H and O–H groups in total. The third-order valence-corrected chi connectivity index (χ3v) is 5.04. The van der Waals surface area contributed by atoms with Crippen LogP contribution < -0.4 is 15.8 Å². The number of ether oxygens (including phenoxy) is 1. The van der Waals surface area contributed by atoms with Crippen molar-refractivity contribution < 1.29 is 37.7 Å². The van der Waals surface area contributed by atoms with Gasteiger partial charge in [0.05, 0.1) is 13.0 Å². The molecule has 0 bridgehead atoms. The maximum atomic E-state index is 11.4. The molecule has 3 aromatic rings. The van der Waals surface area contributed by atoms with Gasteiger partial charge in [0.2, 0.25) is 0 Å². The van der Waals surface area contributed by atoms with Crippen LogP contribution in [0.4, 0.5) is 13.2 Å². The Hall–Kier alpha value is -4.22. The summed E-state index contributed by atoms with van der Waals surface area (Å²) in [7, 11) is 0. The topological polar surface area (TPSA) is 162 Å². The minimum absolute atomic E-state index is 0.0179. The molecule has 12 heteroatoms. The summed E-state index contributed by atoms with van der Waals surface area (Å²) in [6, 6.07) is 15.5. The first-order chi connectivity index (χ1) is 17.0. The maximum Gasteiger partial charge on any atom is 0.490 e. The second-order valence-electron chi connectivity index (χ2n) is 7.71. The molecule has 0 radical (unpaired) electrons. The quantitative estimate of drug-likeness (QED) is 0.137. The summed E-state index contributed by atoms with van der Waals surface area (Å²) in [5.74, 6) is -3.06. The molecule has 9 nitrogen and oxygen atoms in total. The number of carboxylic acid groups (broad SMARTS) is 2. The van der Waals surface area contributed by atoms with Gasteiger partial charge in [0.1, 0.15) is 5.75 Å². The van der Waals surface area contributed by atoms with Crippen LogP contribution in [0, 0.1) is 5.41 Å². The van der Waals surface area contributed by atoms with Crippen molar-refractivity contribution in [2.24, 2.45) is 5.73 Å². The number of carbonyl (C=O) groups is 2. The second kappa shape index (κ2) is 13.0. The van der Waals surface area contributed by atoms with Crippen LogP contribution in [0.15, 0.2) is 54.7 Å². The zero-order valence-corrected chi connectivity index (χ0v) is 19.1. The van der Waals surface area contributed by atoms with Crippen LogP contribution in [0.25, 0.3) is 10.9 Å². The van der Waals surface area contributed by atoms with Crippen molar-refractivity contribution in [2.75, 3.05) is 13.2 Å². The van der Waals surface area contributed by atoms with E-state index in [1.165, 1.54) is 0 Å². The number of aromatic amines is 1. The molecule has 0 aliphatic heterocycles. The number of carboxylic acids is 2. The smallest absolute Gasteiger partial charge is 0.490 e. The minimum atomic E-state index is -5.08. The van der Waals surface area contributed by atoms with Crippen molar-refractivity contribution in [1.29, 1.82) is 5.41 Å². The van der Waals surface area contributed by atoms with E-state index in [1.54, 1.807) is 0 Å². The van der Waals surface area contributed by atoms with Crippen molar-refractivity contribution >= 4 is 28.8 Å². The molecule has 0 saturated carbocycles. The zero-order valence-electron chi connectivity index (χ0n) is 19.1. The van der Waals surface area contributed by atoms with Gasteiger partial charge in [-0.2, -0.15) is 13.2 Å². The van der Waals surface area contributed by atoms with Gasteiger partial charge in [0, 0.05) is 35.6 Å². The van der Waals surface area contributed by atoms with Gasteiger partial charge in [-0.1, -0.05) is 30.3 Å². The average molecular weight is 508 g/mol. The fourth-order valence-electron chi connectivity index (χ4n) is 3.41. The third-order valence-electron chi connectivity index (χ3n) is 5.04. The van der Waals surface area contributed by atoms with Gasteiger partial charge in [-0.3, -0.25) is 10.2 Å². The van der Waals surface area contributed by atoms with E-state index in [9.17, 15) is 23.1 Å². The summed E-state index contributed by atoms with van der Waals surface area (Å²) in [4.78, 5) is 23.6. The fourth-order valence-corrected chi connectivity index (χ4v) is 3.41. The summed E-state index contributed by atoms with van der Waals surface area (Å²) in [5.41, 5.74) is 8.11. The SMILES string of the molecule is N=C(N)NCCCCOc1ccc2c(C(CC(=O)O)c3ccccc3)c[nH]c2c1.O=C(O)C(F)(F)F. The molecule has 2 aromatic carbocycles. The highest BCUT2D eigenvalue weighted by Crippen LogP contribution is 2.34. The number of hydrogen-bond donors (Lipinski definition) is 6. The van der Waals surface area contributed by atoms with Crippen molar-refractivity contribution in [2.45, 2.75) is 31.4 Å². The predicted octanol–water partition coefficient (Wildman–Crippen LogP) is 4.05. The average Bonchev–Trinajstić information content (AvgIpc) is 3.23. The summed E-state index contributed by atoms with van der Waals surface area (Å²) in [5, 5.41) is 27.4. The van der Waals surface area contributed by atoms with Crippen molar-refractivity contribution in [3.63, 3.8) is 0 Å². The first-order valence-electron chi connectivity index (χ1n) is 10.9. The Morgan fingerprint density at radius 2 is 1.78 bits per heavy atom. The molecule has 0 aliphatic carbocycles. The van der Waals surface area contributed by atoms with Gasteiger partial charge in [-0.15, -0.1) is 0 Å². The van der Waals surface area contributed by atoms with E-state index in [0.29, 0.717) is 13.2 Å².